The molecule has 0 radical (unpaired) electrons. The molecule has 0 aliphatic carbocycles. The van der Waals surface area contributed by atoms with Gasteiger partial charge in [-0.2, -0.15) is 0 Å². The second kappa shape index (κ2) is 5.02. The number of aromatic nitrogens is 3. The summed E-state index contributed by atoms with van der Waals surface area (Å²) >= 11 is 7.70. The highest BCUT2D eigenvalue weighted by Gasteiger charge is 2.23. The van der Waals surface area contributed by atoms with Crippen molar-refractivity contribution in [2.24, 2.45) is 0 Å². The molecule has 7 nitrogen and oxygen atoms in total. The zero-order chi connectivity index (χ0) is 16.3. The topological polar surface area (TPSA) is 71.0 Å². The van der Waals surface area contributed by atoms with Crippen LogP contribution in [0.15, 0.2) is 22.7 Å². The summed E-state index contributed by atoms with van der Waals surface area (Å²) in [6.07, 6.45) is 1.78. The number of halogens is 1. The van der Waals surface area contributed by atoms with Gasteiger partial charge in [0.2, 0.25) is 10.7 Å². The van der Waals surface area contributed by atoms with Crippen molar-refractivity contribution in [2.45, 2.75) is 0 Å². The lowest BCUT2D eigenvalue weighted by atomic mass is 10.2. The Morgan fingerprint density at radius 1 is 1.29 bits per heavy atom. The molecule has 1 aliphatic rings. The molecule has 0 bridgehead atoms. The molecule has 0 spiro atoms. The van der Waals surface area contributed by atoms with Crippen molar-refractivity contribution in [1.82, 2.24) is 14.6 Å². The molecule has 0 N–H and O–H groups in total. The number of hydrogen-bond acceptors (Lipinski definition) is 7. The van der Waals surface area contributed by atoms with E-state index in [0.717, 1.165) is 10.3 Å². The molecule has 0 fully saturated rings. The molecule has 0 unspecified atom stereocenters. The second-order valence-electron chi connectivity index (χ2n) is 5.16. The lowest BCUT2D eigenvalue weighted by Gasteiger charge is -2.18. The Kier molecular flexibility index (Phi) is 2.92. The van der Waals surface area contributed by atoms with Crippen LogP contribution in [-0.4, -0.2) is 34.9 Å². The Balaban J connectivity index is 1.68. The summed E-state index contributed by atoms with van der Waals surface area (Å²) in [5.74, 6) is 1.76. The van der Waals surface area contributed by atoms with Crippen LogP contribution in [0, 0.1) is 0 Å². The van der Waals surface area contributed by atoms with Gasteiger partial charge in [0.25, 0.3) is 5.19 Å². The standard InChI is InChI=1S/C15H10ClN3O4S/c1-20-15-18-19-6-9(17-14(19)24-15)10-4-7-8(16)5-11-13(12(7)23-10)22-3-2-21-11/h4-6H,2-3H2,1H3. The van der Waals surface area contributed by atoms with E-state index in [9.17, 15) is 0 Å². The molecule has 122 valence electrons. The van der Waals surface area contributed by atoms with Gasteiger partial charge in [-0.3, -0.25) is 0 Å². The maximum absolute atomic E-state index is 6.34. The fourth-order valence-corrected chi connectivity index (χ4v) is 3.59. The minimum atomic E-state index is 0.476. The van der Waals surface area contributed by atoms with Gasteiger partial charge in [0.15, 0.2) is 17.1 Å². The monoisotopic (exact) mass is 363 g/mol. The Hall–Kier alpha value is -2.45. The third-order valence-electron chi connectivity index (χ3n) is 3.72. The molecular formula is C15H10ClN3O4S. The molecule has 4 heterocycles. The summed E-state index contributed by atoms with van der Waals surface area (Å²) in [6.45, 7) is 0.969. The maximum Gasteiger partial charge on any atom is 0.294 e. The molecule has 0 saturated carbocycles. The molecule has 0 saturated heterocycles. The molecule has 24 heavy (non-hydrogen) atoms. The van der Waals surface area contributed by atoms with Gasteiger partial charge >= 0.3 is 0 Å². The van der Waals surface area contributed by atoms with Gasteiger partial charge in [-0.25, -0.2) is 9.50 Å². The number of methoxy groups -OCH3 is 1. The molecule has 3 aromatic heterocycles. The Morgan fingerprint density at radius 3 is 3.00 bits per heavy atom. The van der Waals surface area contributed by atoms with E-state index in [0.29, 0.717) is 52.0 Å². The fraction of sp³-hybridized carbons (Fsp3) is 0.200. The number of furan rings is 1. The minimum Gasteiger partial charge on any atom is -0.486 e. The molecular weight excluding hydrogens is 354 g/mol. The smallest absolute Gasteiger partial charge is 0.294 e. The number of rotatable bonds is 2. The van der Waals surface area contributed by atoms with Crippen molar-refractivity contribution >= 4 is 38.9 Å². The minimum absolute atomic E-state index is 0.476. The second-order valence-corrected chi connectivity index (χ2v) is 6.49. The van der Waals surface area contributed by atoms with Crippen molar-refractivity contribution in [3.8, 4) is 28.1 Å². The van der Waals surface area contributed by atoms with E-state index < -0.39 is 0 Å². The Labute approximate surface area is 144 Å². The quantitative estimate of drug-likeness (QED) is 0.541. The summed E-state index contributed by atoms with van der Waals surface area (Å²) in [5.41, 5.74) is 1.23. The van der Waals surface area contributed by atoms with Crippen LogP contribution in [0.25, 0.3) is 27.4 Å². The summed E-state index contributed by atoms with van der Waals surface area (Å²) in [6, 6.07) is 3.59. The summed E-state index contributed by atoms with van der Waals surface area (Å²) in [5, 5.41) is 6.12. The van der Waals surface area contributed by atoms with Crippen LogP contribution in [0.4, 0.5) is 0 Å². The van der Waals surface area contributed by atoms with Crippen molar-refractivity contribution in [3.05, 3.63) is 23.4 Å². The van der Waals surface area contributed by atoms with Crippen LogP contribution in [-0.2, 0) is 0 Å². The third-order valence-corrected chi connectivity index (χ3v) is 4.91. The lowest BCUT2D eigenvalue weighted by molar-refractivity contribution is 0.172. The number of benzene rings is 1. The molecule has 1 aromatic carbocycles. The zero-order valence-electron chi connectivity index (χ0n) is 12.4. The van der Waals surface area contributed by atoms with E-state index in [4.69, 9.17) is 30.2 Å². The fourth-order valence-electron chi connectivity index (χ4n) is 2.66. The van der Waals surface area contributed by atoms with Gasteiger partial charge < -0.3 is 18.6 Å². The summed E-state index contributed by atoms with van der Waals surface area (Å²) in [4.78, 5) is 5.24. The van der Waals surface area contributed by atoms with E-state index in [1.165, 1.54) is 11.3 Å². The first-order valence-electron chi connectivity index (χ1n) is 7.15. The SMILES string of the molecule is COc1nn2cc(-c3cc4c(Cl)cc5c(c4o3)OCCO5)nc2s1. The molecule has 4 aromatic rings. The van der Waals surface area contributed by atoms with Crippen molar-refractivity contribution < 1.29 is 18.6 Å². The van der Waals surface area contributed by atoms with Crippen LogP contribution < -0.4 is 14.2 Å². The normalized spacial score (nSPS) is 13.8. The first-order chi connectivity index (χ1) is 11.7. The highest BCUT2D eigenvalue weighted by atomic mass is 35.5. The molecule has 5 rings (SSSR count). The first-order valence-corrected chi connectivity index (χ1v) is 8.34. The van der Waals surface area contributed by atoms with Gasteiger partial charge in [0.05, 0.1) is 18.3 Å². The van der Waals surface area contributed by atoms with E-state index in [-0.39, 0.29) is 0 Å². The van der Waals surface area contributed by atoms with E-state index in [2.05, 4.69) is 10.1 Å². The van der Waals surface area contributed by atoms with E-state index >= 15 is 0 Å². The summed E-state index contributed by atoms with van der Waals surface area (Å²) in [7, 11) is 1.58. The van der Waals surface area contributed by atoms with Gasteiger partial charge in [0.1, 0.15) is 18.9 Å². The van der Waals surface area contributed by atoms with Crippen LogP contribution in [0.2, 0.25) is 5.02 Å². The Bertz CT molecular complexity index is 1050. The van der Waals surface area contributed by atoms with Crippen LogP contribution in [0.3, 0.4) is 0 Å². The van der Waals surface area contributed by atoms with Gasteiger partial charge in [-0.15, -0.1) is 5.10 Å². The van der Waals surface area contributed by atoms with Crippen LogP contribution in [0.5, 0.6) is 16.7 Å². The number of fused-ring (bicyclic) bond motifs is 4. The molecule has 1 aliphatic heterocycles. The highest BCUT2D eigenvalue weighted by molar-refractivity contribution is 7.18. The molecule has 0 amide bonds. The average molecular weight is 364 g/mol. The first kappa shape index (κ1) is 13.9. The number of imidazole rings is 1. The number of hydrogen-bond donors (Lipinski definition) is 0. The van der Waals surface area contributed by atoms with Crippen molar-refractivity contribution in [3.63, 3.8) is 0 Å². The van der Waals surface area contributed by atoms with E-state index in [1.54, 1.807) is 23.9 Å². The Morgan fingerprint density at radius 2 is 2.17 bits per heavy atom. The molecule has 9 heteroatoms. The van der Waals surface area contributed by atoms with Crippen LogP contribution in [0.1, 0.15) is 0 Å². The van der Waals surface area contributed by atoms with Crippen molar-refractivity contribution in [2.75, 3.05) is 20.3 Å². The van der Waals surface area contributed by atoms with Crippen LogP contribution >= 0.6 is 22.9 Å². The van der Waals surface area contributed by atoms with E-state index in [1.807, 2.05) is 6.07 Å². The lowest BCUT2D eigenvalue weighted by Crippen LogP contribution is -2.15. The third kappa shape index (κ3) is 1.96. The van der Waals surface area contributed by atoms with Gasteiger partial charge in [0, 0.05) is 11.5 Å². The predicted octanol–water partition coefficient (Wildman–Crippen LogP) is 3.64. The zero-order valence-corrected chi connectivity index (χ0v) is 14.0. The van der Waals surface area contributed by atoms with Gasteiger partial charge in [-0.05, 0) is 17.4 Å². The number of ether oxygens (including phenoxy) is 3. The largest absolute Gasteiger partial charge is 0.486 e. The summed E-state index contributed by atoms with van der Waals surface area (Å²) < 4.78 is 24.0. The molecule has 0 atom stereocenters. The average Bonchev–Trinajstić information content (AvgIpc) is 3.27. The highest BCUT2D eigenvalue weighted by Crippen LogP contribution is 2.44. The van der Waals surface area contributed by atoms with Gasteiger partial charge in [-0.1, -0.05) is 11.6 Å². The number of nitrogens with zero attached hydrogens (tertiary/aromatic N) is 3. The van der Waals surface area contributed by atoms with Crippen molar-refractivity contribution in [1.29, 1.82) is 0 Å². The maximum atomic E-state index is 6.34. The predicted molar refractivity (Wildman–Crippen MR) is 88.6 cm³/mol.